The highest BCUT2D eigenvalue weighted by Crippen LogP contribution is 2.38. The summed E-state index contributed by atoms with van der Waals surface area (Å²) < 4.78 is 11.2. The minimum atomic E-state index is -0.593. The molecule has 4 heteroatoms. The first kappa shape index (κ1) is 21.2. The molecule has 0 N–H and O–H groups in total. The largest absolute Gasteiger partial charge is 0.461 e. The summed E-state index contributed by atoms with van der Waals surface area (Å²) in [6.45, 7) is 9.53. The van der Waals surface area contributed by atoms with Gasteiger partial charge in [-0.15, -0.1) is 6.58 Å². The van der Waals surface area contributed by atoms with E-state index < -0.39 is 17.4 Å². The van der Waals surface area contributed by atoms with Gasteiger partial charge >= 0.3 is 11.9 Å². The van der Waals surface area contributed by atoms with Gasteiger partial charge in [0.1, 0.15) is 12.2 Å². The van der Waals surface area contributed by atoms with Crippen LogP contribution in [0.2, 0.25) is 0 Å². The van der Waals surface area contributed by atoms with Crippen molar-refractivity contribution in [2.24, 2.45) is 17.8 Å². The number of benzene rings is 1. The second-order valence-electron chi connectivity index (χ2n) is 8.33. The highest BCUT2D eigenvalue weighted by molar-refractivity contribution is 5.82. The number of ether oxygens (including phenoxy) is 2. The van der Waals surface area contributed by atoms with Crippen molar-refractivity contribution >= 4 is 11.9 Å². The van der Waals surface area contributed by atoms with Crippen molar-refractivity contribution in [2.45, 2.75) is 65.1 Å². The summed E-state index contributed by atoms with van der Waals surface area (Å²) in [5, 5.41) is 0. The molecule has 0 heterocycles. The van der Waals surface area contributed by atoms with Gasteiger partial charge in [-0.05, 0) is 51.5 Å². The van der Waals surface area contributed by atoms with Gasteiger partial charge in [-0.3, -0.25) is 9.59 Å². The molecule has 1 aliphatic rings. The van der Waals surface area contributed by atoms with E-state index in [1.165, 1.54) is 0 Å². The van der Waals surface area contributed by atoms with Gasteiger partial charge in [-0.25, -0.2) is 0 Å². The predicted molar refractivity (Wildman–Crippen MR) is 106 cm³/mol. The molecule has 0 radical (unpaired) electrons. The predicted octanol–water partition coefficient (Wildman–Crippen LogP) is 5.07. The van der Waals surface area contributed by atoms with Crippen LogP contribution in [0.4, 0.5) is 0 Å². The third-order valence-electron chi connectivity index (χ3n) is 4.97. The van der Waals surface area contributed by atoms with Gasteiger partial charge in [-0.2, -0.15) is 0 Å². The molecule has 0 saturated heterocycles. The van der Waals surface area contributed by atoms with Gasteiger partial charge in [0, 0.05) is 0 Å². The zero-order valence-electron chi connectivity index (χ0n) is 16.8. The van der Waals surface area contributed by atoms with E-state index in [1.807, 2.05) is 51.1 Å². The molecule has 0 unspecified atom stereocenters. The fraction of sp³-hybridized carbons (Fsp3) is 0.565. The van der Waals surface area contributed by atoms with Gasteiger partial charge in [0.15, 0.2) is 0 Å². The molecular weight excluding hydrogens is 340 g/mol. The summed E-state index contributed by atoms with van der Waals surface area (Å²) in [6.07, 6.45) is 6.17. The lowest BCUT2D eigenvalue weighted by Gasteiger charge is -2.30. The number of carbonyl (C=O) groups excluding carboxylic acids is 2. The van der Waals surface area contributed by atoms with E-state index >= 15 is 0 Å². The average Bonchev–Trinajstić information content (AvgIpc) is 3.13. The van der Waals surface area contributed by atoms with Crippen molar-refractivity contribution in [2.75, 3.05) is 0 Å². The summed E-state index contributed by atoms with van der Waals surface area (Å²) in [7, 11) is 0. The number of esters is 2. The zero-order valence-corrected chi connectivity index (χ0v) is 16.8. The van der Waals surface area contributed by atoms with Crippen molar-refractivity contribution < 1.29 is 19.1 Å². The van der Waals surface area contributed by atoms with Crippen LogP contribution in [0.3, 0.4) is 0 Å². The van der Waals surface area contributed by atoms with Crippen LogP contribution in [0.25, 0.3) is 0 Å². The summed E-state index contributed by atoms with van der Waals surface area (Å²) in [5.74, 6) is -1.51. The van der Waals surface area contributed by atoms with Crippen molar-refractivity contribution in [1.29, 1.82) is 0 Å². The van der Waals surface area contributed by atoms with Gasteiger partial charge in [0.05, 0.1) is 11.8 Å². The number of carbonyl (C=O) groups is 2. The number of rotatable bonds is 8. The van der Waals surface area contributed by atoms with Crippen LogP contribution < -0.4 is 0 Å². The van der Waals surface area contributed by atoms with E-state index in [1.54, 1.807) is 6.08 Å². The number of hydrogen-bond acceptors (Lipinski definition) is 4. The highest BCUT2D eigenvalue weighted by atomic mass is 16.6. The van der Waals surface area contributed by atoms with E-state index in [0.717, 1.165) is 31.2 Å². The Morgan fingerprint density at radius 3 is 2.33 bits per heavy atom. The molecular formula is C23H32O4. The second-order valence-corrected chi connectivity index (χ2v) is 8.33. The molecule has 0 amide bonds. The third kappa shape index (κ3) is 6.53. The van der Waals surface area contributed by atoms with E-state index in [0.29, 0.717) is 6.42 Å². The van der Waals surface area contributed by atoms with Crippen molar-refractivity contribution in [3.63, 3.8) is 0 Å². The van der Waals surface area contributed by atoms with Gasteiger partial charge < -0.3 is 9.47 Å². The van der Waals surface area contributed by atoms with Crippen LogP contribution >= 0.6 is 0 Å². The van der Waals surface area contributed by atoms with Crippen molar-refractivity contribution in [3.8, 4) is 0 Å². The smallest absolute Gasteiger partial charge is 0.310 e. The molecule has 2 atom stereocenters. The summed E-state index contributed by atoms with van der Waals surface area (Å²) in [5.41, 5.74) is 0.346. The Kier molecular flexibility index (Phi) is 7.64. The van der Waals surface area contributed by atoms with Gasteiger partial charge in [0.25, 0.3) is 0 Å². The maximum absolute atomic E-state index is 13.0. The fourth-order valence-corrected chi connectivity index (χ4v) is 3.77. The second kappa shape index (κ2) is 9.72. The zero-order chi connectivity index (χ0) is 19.9. The number of hydrogen-bond donors (Lipinski definition) is 0. The van der Waals surface area contributed by atoms with Gasteiger partial charge in [0.2, 0.25) is 0 Å². The first-order valence-corrected chi connectivity index (χ1v) is 9.86. The minimum Gasteiger partial charge on any atom is -0.461 e. The van der Waals surface area contributed by atoms with E-state index in [4.69, 9.17) is 9.47 Å². The maximum atomic E-state index is 13.0. The molecule has 27 heavy (non-hydrogen) atoms. The topological polar surface area (TPSA) is 52.6 Å². The molecule has 0 bridgehead atoms. The van der Waals surface area contributed by atoms with Crippen LogP contribution in [0.1, 0.15) is 58.4 Å². The first-order valence-electron chi connectivity index (χ1n) is 9.86. The Bertz CT molecular complexity index is 624. The fourth-order valence-electron chi connectivity index (χ4n) is 3.77. The van der Waals surface area contributed by atoms with Crippen molar-refractivity contribution in [1.82, 2.24) is 0 Å². The molecule has 0 spiro atoms. The lowest BCUT2D eigenvalue weighted by Crippen LogP contribution is -2.39. The molecule has 1 aromatic carbocycles. The van der Waals surface area contributed by atoms with E-state index in [9.17, 15) is 9.59 Å². The summed E-state index contributed by atoms with van der Waals surface area (Å²) in [4.78, 5) is 25.9. The van der Waals surface area contributed by atoms with Crippen LogP contribution in [0, 0.1) is 17.8 Å². The maximum Gasteiger partial charge on any atom is 0.310 e. The Balaban J connectivity index is 2.17. The van der Waals surface area contributed by atoms with Crippen LogP contribution in [0.15, 0.2) is 43.0 Å². The van der Waals surface area contributed by atoms with Crippen LogP contribution in [-0.2, 0) is 25.7 Å². The Labute approximate surface area is 162 Å². The highest BCUT2D eigenvalue weighted by Gasteiger charge is 2.42. The van der Waals surface area contributed by atoms with E-state index in [-0.39, 0.29) is 24.5 Å². The summed E-state index contributed by atoms with van der Waals surface area (Å²) in [6, 6.07) is 9.60. The normalized spacial score (nSPS) is 17.1. The molecule has 1 aromatic rings. The third-order valence-corrected chi connectivity index (χ3v) is 4.97. The molecule has 1 saturated carbocycles. The minimum absolute atomic E-state index is 0.158. The lowest BCUT2D eigenvalue weighted by atomic mass is 9.78. The molecule has 4 nitrogen and oxygen atoms in total. The molecule has 0 aromatic heterocycles. The molecule has 0 aliphatic heterocycles. The Morgan fingerprint density at radius 1 is 1.15 bits per heavy atom. The Morgan fingerprint density at radius 2 is 1.78 bits per heavy atom. The molecule has 2 rings (SSSR count). The monoisotopic (exact) mass is 372 g/mol. The van der Waals surface area contributed by atoms with E-state index in [2.05, 4.69) is 6.58 Å². The summed E-state index contributed by atoms with van der Waals surface area (Å²) >= 11 is 0. The molecule has 1 aliphatic carbocycles. The quantitative estimate of drug-likeness (QED) is 0.472. The average molecular weight is 373 g/mol. The van der Waals surface area contributed by atoms with Crippen LogP contribution in [0.5, 0.6) is 0 Å². The molecule has 1 fully saturated rings. The molecule has 148 valence electrons. The first-order chi connectivity index (χ1) is 12.8. The number of allylic oxidation sites excluding steroid dienone is 1. The SMILES string of the molecule is C=CC[C@H](C(=O)OC(C)(C)C)[C@@H](C(=O)OCc1ccccc1)C1CCCC1. The standard InChI is InChI=1S/C23H32O4/c1-5-11-19(21(24)27-23(2,3)4)20(18-14-9-10-15-18)22(25)26-16-17-12-7-6-8-13-17/h5-8,12-13,18-20H,1,9-11,14-16H2,2-4H3/t19-,20-/m0/s1. The van der Waals surface area contributed by atoms with Crippen LogP contribution in [-0.4, -0.2) is 17.5 Å². The van der Waals surface area contributed by atoms with Crippen molar-refractivity contribution in [3.05, 3.63) is 48.6 Å². The lowest BCUT2D eigenvalue weighted by molar-refractivity contribution is -0.170. The Hall–Kier alpha value is -2.10. The van der Waals surface area contributed by atoms with Gasteiger partial charge in [-0.1, -0.05) is 49.2 Å².